The topological polar surface area (TPSA) is 111 Å². The van der Waals surface area contributed by atoms with Crippen molar-refractivity contribution in [1.82, 2.24) is 25.1 Å². The third-order valence-electron chi connectivity index (χ3n) is 6.60. The maximum absolute atomic E-state index is 12.7. The molecule has 1 aromatic heterocycles. The van der Waals surface area contributed by atoms with E-state index in [1.807, 2.05) is 11.0 Å². The maximum Gasteiger partial charge on any atom is 0.270 e. The fourth-order valence-corrected chi connectivity index (χ4v) is 4.70. The van der Waals surface area contributed by atoms with Gasteiger partial charge in [0.25, 0.3) is 5.91 Å². The zero-order valence-electron chi connectivity index (χ0n) is 20.0. The SMILES string of the molecule is CC(=O)N1CCC(Nc2cc(C(=O)NCC(C)(O)CN3CCc4ccccc4C3)ncn2)CC1. The lowest BCUT2D eigenvalue weighted by Crippen LogP contribution is -2.49. The first-order chi connectivity index (χ1) is 16.3. The van der Waals surface area contributed by atoms with Crippen LogP contribution in [0.2, 0.25) is 0 Å². The lowest BCUT2D eigenvalue weighted by Gasteiger charge is -2.34. The third kappa shape index (κ3) is 6.30. The molecule has 1 saturated heterocycles. The summed E-state index contributed by atoms with van der Waals surface area (Å²) in [5.41, 5.74) is 1.84. The number of hydrogen-bond donors (Lipinski definition) is 3. The number of carbonyl (C=O) groups is 2. The van der Waals surface area contributed by atoms with Crippen LogP contribution in [-0.4, -0.2) is 81.1 Å². The lowest BCUT2D eigenvalue weighted by molar-refractivity contribution is -0.129. The minimum absolute atomic E-state index is 0.0976. The number of carbonyl (C=O) groups excluding carboxylic acids is 2. The van der Waals surface area contributed by atoms with Crippen LogP contribution in [0.5, 0.6) is 0 Å². The Balaban J connectivity index is 1.27. The Kier molecular flexibility index (Phi) is 7.43. The first-order valence-corrected chi connectivity index (χ1v) is 11.9. The third-order valence-corrected chi connectivity index (χ3v) is 6.60. The molecule has 2 amide bonds. The maximum atomic E-state index is 12.7. The van der Waals surface area contributed by atoms with Crippen molar-refractivity contribution in [3.63, 3.8) is 0 Å². The summed E-state index contributed by atoms with van der Waals surface area (Å²) in [6.07, 6.45) is 3.98. The molecule has 0 saturated carbocycles. The van der Waals surface area contributed by atoms with Gasteiger partial charge in [0.15, 0.2) is 0 Å². The van der Waals surface area contributed by atoms with Gasteiger partial charge in [0.1, 0.15) is 17.8 Å². The summed E-state index contributed by atoms with van der Waals surface area (Å²) >= 11 is 0. The zero-order valence-corrected chi connectivity index (χ0v) is 20.0. The molecule has 3 N–H and O–H groups in total. The molecule has 0 bridgehead atoms. The monoisotopic (exact) mass is 466 g/mol. The van der Waals surface area contributed by atoms with E-state index in [2.05, 4.69) is 43.7 Å². The van der Waals surface area contributed by atoms with E-state index < -0.39 is 5.60 Å². The van der Waals surface area contributed by atoms with E-state index in [1.54, 1.807) is 19.9 Å². The quantitative estimate of drug-likeness (QED) is 0.566. The molecule has 1 unspecified atom stereocenters. The van der Waals surface area contributed by atoms with E-state index in [0.29, 0.717) is 25.5 Å². The summed E-state index contributed by atoms with van der Waals surface area (Å²) in [7, 11) is 0. The Bertz CT molecular complexity index is 1020. The molecule has 9 nitrogen and oxygen atoms in total. The number of fused-ring (bicyclic) bond motifs is 1. The number of hydrogen-bond acceptors (Lipinski definition) is 7. The van der Waals surface area contributed by atoms with Crippen LogP contribution in [0.1, 0.15) is 48.3 Å². The van der Waals surface area contributed by atoms with Crippen LogP contribution in [0.3, 0.4) is 0 Å². The molecule has 4 rings (SSSR count). The predicted molar refractivity (Wildman–Crippen MR) is 129 cm³/mol. The zero-order chi connectivity index (χ0) is 24.1. The van der Waals surface area contributed by atoms with Crippen LogP contribution < -0.4 is 10.6 Å². The Morgan fingerprint density at radius 2 is 1.88 bits per heavy atom. The van der Waals surface area contributed by atoms with Crippen molar-refractivity contribution in [2.75, 3.05) is 38.0 Å². The number of β-amino-alcohol motifs (C(OH)–C–C–N with tert-alkyl or cyclic N) is 1. The van der Waals surface area contributed by atoms with E-state index in [9.17, 15) is 14.7 Å². The fraction of sp³-hybridized carbons (Fsp3) is 0.520. The van der Waals surface area contributed by atoms with Crippen molar-refractivity contribution in [3.05, 3.63) is 53.5 Å². The van der Waals surface area contributed by atoms with E-state index >= 15 is 0 Å². The second kappa shape index (κ2) is 10.5. The van der Waals surface area contributed by atoms with Gasteiger partial charge >= 0.3 is 0 Å². The molecule has 1 aromatic carbocycles. The smallest absolute Gasteiger partial charge is 0.270 e. The highest BCUT2D eigenvalue weighted by molar-refractivity contribution is 5.92. The fourth-order valence-electron chi connectivity index (χ4n) is 4.70. The van der Waals surface area contributed by atoms with Gasteiger partial charge < -0.3 is 20.6 Å². The summed E-state index contributed by atoms with van der Waals surface area (Å²) in [6, 6.07) is 10.2. The number of likely N-dealkylation sites (tertiary alicyclic amines) is 1. The van der Waals surface area contributed by atoms with Crippen molar-refractivity contribution in [2.24, 2.45) is 0 Å². The van der Waals surface area contributed by atoms with Crippen molar-refractivity contribution in [3.8, 4) is 0 Å². The molecule has 3 heterocycles. The second-order valence-electron chi connectivity index (χ2n) is 9.62. The molecule has 182 valence electrons. The lowest BCUT2D eigenvalue weighted by atomic mass is 9.98. The highest BCUT2D eigenvalue weighted by Crippen LogP contribution is 2.20. The van der Waals surface area contributed by atoms with Gasteiger partial charge in [-0.3, -0.25) is 14.5 Å². The standard InChI is InChI=1S/C25H34N6O3/c1-18(32)31-11-8-21(9-12-31)29-23-13-22(27-17-28-23)24(33)26-15-25(2,34)16-30-10-7-19-5-3-4-6-20(19)14-30/h3-6,13,17,21,34H,7-12,14-16H2,1-2H3,(H,26,33)(H,27,28,29). The highest BCUT2D eigenvalue weighted by atomic mass is 16.3. The number of anilines is 1. The molecule has 2 aliphatic heterocycles. The molecule has 2 aromatic rings. The number of piperidine rings is 1. The van der Waals surface area contributed by atoms with Gasteiger partial charge in [-0.25, -0.2) is 9.97 Å². The van der Waals surface area contributed by atoms with E-state index in [-0.39, 0.29) is 30.1 Å². The second-order valence-corrected chi connectivity index (χ2v) is 9.62. The van der Waals surface area contributed by atoms with Crippen molar-refractivity contribution in [1.29, 1.82) is 0 Å². The molecule has 1 atom stereocenters. The minimum Gasteiger partial charge on any atom is -0.387 e. The molecule has 9 heteroatoms. The summed E-state index contributed by atoms with van der Waals surface area (Å²) in [5, 5.41) is 17.1. The molecule has 0 spiro atoms. The number of nitrogens with one attached hydrogen (secondary N) is 2. The van der Waals surface area contributed by atoms with Crippen molar-refractivity contribution >= 4 is 17.6 Å². The number of nitrogens with zero attached hydrogens (tertiary/aromatic N) is 4. The van der Waals surface area contributed by atoms with Gasteiger partial charge in [0.05, 0.1) is 5.60 Å². The Hall–Kier alpha value is -3.04. The molecule has 0 radical (unpaired) electrons. The largest absolute Gasteiger partial charge is 0.387 e. The summed E-state index contributed by atoms with van der Waals surface area (Å²) < 4.78 is 0. The summed E-state index contributed by atoms with van der Waals surface area (Å²) in [5.74, 6) is 0.335. The minimum atomic E-state index is -1.07. The van der Waals surface area contributed by atoms with E-state index in [4.69, 9.17) is 0 Å². The van der Waals surface area contributed by atoms with Crippen LogP contribution in [0.25, 0.3) is 0 Å². The predicted octanol–water partition coefficient (Wildman–Crippen LogP) is 1.44. The molecule has 34 heavy (non-hydrogen) atoms. The summed E-state index contributed by atoms with van der Waals surface area (Å²) in [4.78, 5) is 36.6. The van der Waals surface area contributed by atoms with Crippen LogP contribution in [-0.2, 0) is 17.8 Å². The van der Waals surface area contributed by atoms with Crippen LogP contribution in [0.15, 0.2) is 36.7 Å². The molecule has 2 aliphatic rings. The molecular formula is C25H34N6O3. The highest BCUT2D eigenvalue weighted by Gasteiger charge is 2.27. The van der Waals surface area contributed by atoms with Gasteiger partial charge in [-0.05, 0) is 37.3 Å². The van der Waals surface area contributed by atoms with E-state index in [1.165, 1.54) is 17.5 Å². The summed E-state index contributed by atoms with van der Waals surface area (Å²) in [6.45, 7) is 7.03. The van der Waals surface area contributed by atoms with Gasteiger partial charge in [-0.2, -0.15) is 0 Å². The van der Waals surface area contributed by atoms with Gasteiger partial charge in [0, 0.05) is 58.3 Å². The van der Waals surface area contributed by atoms with Crippen molar-refractivity contribution < 1.29 is 14.7 Å². The van der Waals surface area contributed by atoms with E-state index in [0.717, 1.165) is 32.4 Å². The van der Waals surface area contributed by atoms with Crippen molar-refractivity contribution in [2.45, 2.75) is 51.3 Å². The van der Waals surface area contributed by atoms with Gasteiger partial charge in [-0.1, -0.05) is 24.3 Å². The first kappa shape index (κ1) is 24.1. The molecule has 0 aliphatic carbocycles. The van der Waals surface area contributed by atoms with Crippen LogP contribution >= 0.6 is 0 Å². The Morgan fingerprint density at radius 1 is 1.15 bits per heavy atom. The van der Waals surface area contributed by atoms with Crippen LogP contribution in [0.4, 0.5) is 5.82 Å². The number of rotatable bonds is 7. The Morgan fingerprint density at radius 3 is 2.62 bits per heavy atom. The molecule has 1 fully saturated rings. The van der Waals surface area contributed by atoms with Gasteiger partial charge in [0.2, 0.25) is 5.91 Å². The Labute approximate surface area is 200 Å². The van der Waals surface area contributed by atoms with Gasteiger partial charge in [-0.15, -0.1) is 0 Å². The number of aromatic nitrogens is 2. The van der Waals surface area contributed by atoms with Crippen LogP contribution in [0, 0.1) is 0 Å². The number of aliphatic hydroxyl groups is 1. The normalized spacial score (nSPS) is 18.6. The molecular weight excluding hydrogens is 432 g/mol. The average Bonchev–Trinajstić information content (AvgIpc) is 2.83. The first-order valence-electron chi connectivity index (χ1n) is 11.9. The number of amides is 2. The number of benzene rings is 1. The average molecular weight is 467 g/mol.